The first-order valence-corrected chi connectivity index (χ1v) is 4.96. The van der Waals surface area contributed by atoms with Crippen LogP contribution in [-0.4, -0.2) is 19.9 Å². The molecule has 1 saturated heterocycles. The summed E-state index contributed by atoms with van der Waals surface area (Å²) in [4.78, 5) is 0. The maximum Gasteiger partial charge on any atom is 0.125 e. The zero-order chi connectivity index (χ0) is 9.80. The number of hydrogen-bond donors (Lipinski definition) is 1. The molecule has 3 heteroatoms. The molecule has 1 fully saturated rings. The summed E-state index contributed by atoms with van der Waals surface area (Å²) < 4.78 is 11.1. The zero-order valence-electron chi connectivity index (χ0n) is 8.32. The van der Waals surface area contributed by atoms with Crippen LogP contribution in [0.25, 0.3) is 0 Å². The molecule has 3 nitrogen and oxygen atoms in total. The van der Waals surface area contributed by atoms with Gasteiger partial charge in [0, 0.05) is 12.1 Å². The molecule has 1 aromatic carbocycles. The number of para-hydroxylation sites is 1. The smallest absolute Gasteiger partial charge is 0.125 e. The van der Waals surface area contributed by atoms with Crippen molar-refractivity contribution < 1.29 is 9.47 Å². The zero-order valence-corrected chi connectivity index (χ0v) is 8.32. The van der Waals surface area contributed by atoms with E-state index in [4.69, 9.17) is 9.47 Å². The van der Waals surface area contributed by atoms with E-state index in [1.165, 1.54) is 0 Å². The predicted octanol–water partition coefficient (Wildman–Crippen LogP) is 1.70. The number of benzene rings is 1. The van der Waals surface area contributed by atoms with Crippen molar-refractivity contribution >= 4 is 0 Å². The van der Waals surface area contributed by atoms with Gasteiger partial charge in [0.05, 0.1) is 13.3 Å². The highest BCUT2D eigenvalue weighted by molar-refractivity contribution is 5.35. The van der Waals surface area contributed by atoms with Gasteiger partial charge < -0.3 is 9.47 Å². The molecule has 1 aliphatic heterocycles. The van der Waals surface area contributed by atoms with Crippen LogP contribution in [0.2, 0.25) is 0 Å². The molecule has 0 radical (unpaired) electrons. The van der Waals surface area contributed by atoms with Gasteiger partial charge in [0.15, 0.2) is 0 Å². The molecule has 1 heterocycles. The van der Waals surface area contributed by atoms with Crippen LogP contribution in [0.5, 0.6) is 5.75 Å². The molecular formula is C11H15NO2. The van der Waals surface area contributed by atoms with E-state index in [0.717, 1.165) is 17.9 Å². The molecule has 1 N–H and O–H groups in total. The lowest BCUT2D eigenvalue weighted by Gasteiger charge is -2.13. The van der Waals surface area contributed by atoms with Crippen LogP contribution in [0.15, 0.2) is 24.3 Å². The van der Waals surface area contributed by atoms with E-state index in [1.807, 2.05) is 25.1 Å². The first kappa shape index (κ1) is 9.49. The third-order valence-corrected chi connectivity index (χ3v) is 2.28. The Morgan fingerprint density at radius 3 is 3.07 bits per heavy atom. The van der Waals surface area contributed by atoms with Crippen molar-refractivity contribution in [2.24, 2.45) is 0 Å². The van der Waals surface area contributed by atoms with Crippen molar-refractivity contribution in [3.05, 3.63) is 29.8 Å². The van der Waals surface area contributed by atoms with Crippen LogP contribution < -0.4 is 10.1 Å². The molecule has 2 rings (SSSR count). The van der Waals surface area contributed by atoms with E-state index in [1.54, 1.807) is 0 Å². The van der Waals surface area contributed by atoms with Gasteiger partial charge in [0.1, 0.15) is 11.9 Å². The lowest BCUT2D eigenvalue weighted by atomic mass is 10.1. The number of nitrogens with one attached hydrogen (secondary N) is 1. The Kier molecular flexibility index (Phi) is 3.01. The average molecular weight is 193 g/mol. The highest BCUT2D eigenvalue weighted by Crippen LogP contribution is 2.28. The predicted molar refractivity (Wildman–Crippen MR) is 54.3 cm³/mol. The second kappa shape index (κ2) is 4.44. The Balaban J connectivity index is 2.21. The van der Waals surface area contributed by atoms with Crippen molar-refractivity contribution in [3.63, 3.8) is 0 Å². The summed E-state index contributed by atoms with van der Waals surface area (Å²) in [6.07, 6.45) is 0.137. The molecule has 76 valence electrons. The second-order valence-corrected chi connectivity index (χ2v) is 3.22. The van der Waals surface area contributed by atoms with E-state index < -0.39 is 0 Å². The fourth-order valence-electron chi connectivity index (χ4n) is 1.64. The first-order chi connectivity index (χ1) is 6.92. The van der Waals surface area contributed by atoms with Crippen LogP contribution in [0.1, 0.15) is 18.6 Å². The van der Waals surface area contributed by atoms with Gasteiger partial charge >= 0.3 is 0 Å². The maximum atomic E-state index is 5.54. The van der Waals surface area contributed by atoms with Crippen molar-refractivity contribution in [1.82, 2.24) is 5.32 Å². The molecule has 0 spiro atoms. The van der Waals surface area contributed by atoms with Gasteiger partial charge in [-0.1, -0.05) is 18.2 Å². The van der Waals surface area contributed by atoms with Crippen LogP contribution in [0.3, 0.4) is 0 Å². The summed E-state index contributed by atoms with van der Waals surface area (Å²) in [5, 5.41) is 3.16. The van der Waals surface area contributed by atoms with Crippen LogP contribution >= 0.6 is 0 Å². The fraction of sp³-hybridized carbons (Fsp3) is 0.455. The summed E-state index contributed by atoms with van der Waals surface area (Å²) in [5.41, 5.74) is 1.14. The summed E-state index contributed by atoms with van der Waals surface area (Å²) in [5.74, 6) is 0.934. The van der Waals surface area contributed by atoms with Crippen LogP contribution in [0.4, 0.5) is 0 Å². The number of rotatable bonds is 3. The van der Waals surface area contributed by atoms with Crippen molar-refractivity contribution in [1.29, 1.82) is 0 Å². The first-order valence-electron chi connectivity index (χ1n) is 4.96. The van der Waals surface area contributed by atoms with Gasteiger partial charge in [-0.05, 0) is 13.0 Å². The number of ether oxygens (including phenoxy) is 2. The number of hydrogen-bond acceptors (Lipinski definition) is 3. The maximum absolute atomic E-state index is 5.54. The molecule has 14 heavy (non-hydrogen) atoms. The molecule has 0 aliphatic carbocycles. The Bertz CT molecular complexity index is 295. The quantitative estimate of drug-likeness (QED) is 0.792. The summed E-state index contributed by atoms with van der Waals surface area (Å²) >= 11 is 0. The van der Waals surface area contributed by atoms with Crippen molar-refractivity contribution in [3.8, 4) is 5.75 Å². The van der Waals surface area contributed by atoms with Crippen LogP contribution in [0, 0.1) is 0 Å². The molecule has 1 aliphatic rings. The third-order valence-electron chi connectivity index (χ3n) is 2.28. The van der Waals surface area contributed by atoms with Crippen molar-refractivity contribution in [2.45, 2.75) is 13.0 Å². The minimum Gasteiger partial charge on any atom is -0.493 e. The largest absolute Gasteiger partial charge is 0.493 e. The molecule has 1 atom stereocenters. The normalized spacial score (nSPS) is 21.1. The summed E-state index contributed by atoms with van der Waals surface area (Å²) in [7, 11) is 0. The molecule has 0 aromatic heterocycles. The highest BCUT2D eigenvalue weighted by Gasteiger charge is 2.20. The summed E-state index contributed by atoms with van der Waals surface area (Å²) in [6, 6.07) is 8.04. The minimum atomic E-state index is 0.137. The van der Waals surface area contributed by atoms with E-state index in [0.29, 0.717) is 13.3 Å². The van der Waals surface area contributed by atoms with Gasteiger partial charge in [0.2, 0.25) is 0 Å². The molecule has 1 unspecified atom stereocenters. The molecule has 0 bridgehead atoms. The lowest BCUT2D eigenvalue weighted by Crippen LogP contribution is -2.09. The molecule has 0 saturated carbocycles. The standard InChI is InChI=1S/C11H15NO2/c1-2-13-10-6-4-3-5-9(10)11-7-12-8-14-11/h3-6,11-12H,2,7-8H2,1H3. The van der Waals surface area contributed by atoms with E-state index in [-0.39, 0.29) is 6.10 Å². The minimum absolute atomic E-state index is 0.137. The Morgan fingerprint density at radius 1 is 1.50 bits per heavy atom. The average Bonchev–Trinajstić information content (AvgIpc) is 2.72. The van der Waals surface area contributed by atoms with E-state index in [2.05, 4.69) is 11.4 Å². The molecular weight excluding hydrogens is 178 g/mol. The third kappa shape index (κ3) is 1.89. The Morgan fingerprint density at radius 2 is 2.36 bits per heavy atom. The molecule has 0 amide bonds. The van der Waals surface area contributed by atoms with E-state index in [9.17, 15) is 0 Å². The second-order valence-electron chi connectivity index (χ2n) is 3.22. The SMILES string of the molecule is CCOc1ccccc1C1CNCO1. The highest BCUT2D eigenvalue weighted by atomic mass is 16.5. The fourth-order valence-corrected chi connectivity index (χ4v) is 1.64. The van der Waals surface area contributed by atoms with E-state index >= 15 is 0 Å². The molecule has 1 aromatic rings. The Hall–Kier alpha value is -1.06. The van der Waals surface area contributed by atoms with Gasteiger partial charge in [0.25, 0.3) is 0 Å². The van der Waals surface area contributed by atoms with Crippen molar-refractivity contribution in [2.75, 3.05) is 19.9 Å². The topological polar surface area (TPSA) is 30.5 Å². The monoisotopic (exact) mass is 193 g/mol. The van der Waals surface area contributed by atoms with Gasteiger partial charge in [-0.15, -0.1) is 0 Å². The van der Waals surface area contributed by atoms with Gasteiger partial charge in [-0.25, -0.2) is 0 Å². The summed E-state index contributed by atoms with van der Waals surface area (Å²) in [6.45, 7) is 4.18. The Labute approximate surface area is 84.0 Å². The van der Waals surface area contributed by atoms with Crippen LogP contribution in [-0.2, 0) is 4.74 Å². The van der Waals surface area contributed by atoms with Gasteiger partial charge in [-0.2, -0.15) is 0 Å². The van der Waals surface area contributed by atoms with Gasteiger partial charge in [-0.3, -0.25) is 5.32 Å². The lowest BCUT2D eigenvalue weighted by molar-refractivity contribution is 0.111.